The molecule has 9 heteroatoms. The second-order valence-electron chi connectivity index (χ2n) is 7.66. The van der Waals surface area contributed by atoms with Crippen molar-refractivity contribution in [3.63, 3.8) is 0 Å². The summed E-state index contributed by atoms with van der Waals surface area (Å²) in [6.45, 7) is 0.960. The fraction of sp³-hybridized carbons (Fsp3) is 0.429. The number of rotatable bonds is 5. The molecular formula is C21H24FN5O3. The van der Waals surface area contributed by atoms with Crippen LogP contribution in [-0.4, -0.2) is 41.2 Å². The predicted octanol–water partition coefficient (Wildman–Crippen LogP) is 3.09. The van der Waals surface area contributed by atoms with Crippen LogP contribution in [0.2, 0.25) is 0 Å². The molecule has 1 aromatic carbocycles. The summed E-state index contributed by atoms with van der Waals surface area (Å²) in [5.41, 5.74) is 6.72. The first-order valence-corrected chi connectivity index (χ1v) is 10.1. The molecule has 2 aromatic rings. The maximum absolute atomic E-state index is 14.5. The highest BCUT2D eigenvalue weighted by Gasteiger charge is 2.25. The van der Waals surface area contributed by atoms with E-state index in [1.54, 1.807) is 24.3 Å². The molecule has 0 spiro atoms. The number of hydrogen-bond donors (Lipinski definition) is 2. The summed E-state index contributed by atoms with van der Waals surface area (Å²) < 4.78 is 19.6. The molecule has 1 aliphatic carbocycles. The summed E-state index contributed by atoms with van der Waals surface area (Å²) >= 11 is 0. The van der Waals surface area contributed by atoms with Gasteiger partial charge in [-0.1, -0.05) is 12.1 Å². The third kappa shape index (κ3) is 4.34. The highest BCUT2D eigenvalue weighted by atomic mass is 19.1. The van der Waals surface area contributed by atoms with Crippen LogP contribution in [0.25, 0.3) is 11.3 Å². The van der Waals surface area contributed by atoms with Crippen LogP contribution in [0.1, 0.15) is 32.1 Å². The van der Waals surface area contributed by atoms with Crippen LogP contribution in [0, 0.1) is 11.7 Å². The summed E-state index contributed by atoms with van der Waals surface area (Å²) in [6.07, 6.45) is 4.46. The van der Waals surface area contributed by atoms with Gasteiger partial charge in [-0.05, 0) is 44.2 Å². The number of ether oxygens (including phenoxy) is 1. The third-order valence-electron chi connectivity index (χ3n) is 5.61. The van der Waals surface area contributed by atoms with Crippen molar-refractivity contribution >= 4 is 23.6 Å². The van der Waals surface area contributed by atoms with Gasteiger partial charge < -0.3 is 15.8 Å². The van der Waals surface area contributed by atoms with Crippen molar-refractivity contribution in [3.05, 3.63) is 36.3 Å². The predicted molar refractivity (Wildman–Crippen MR) is 109 cm³/mol. The third-order valence-corrected chi connectivity index (χ3v) is 5.61. The zero-order chi connectivity index (χ0) is 21.1. The molecular weight excluding hydrogens is 389 g/mol. The van der Waals surface area contributed by atoms with Gasteiger partial charge in [0.1, 0.15) is 5.69 Å². The van der Waals surface area contributed by atoms with Crippen molar-refractivity contribution in [2.75, 3.05) is 23.4 Å². The van der Waals surface area contributed by atoms with Gasteiger partial charge in [-0.15, -0.1) is 0 Å². The quantitative estimate of drug-likeness (QED) is 0.779. The molecule has 1 aliphatic heterocycles. The minimum absolute atomic E-state index is 0.0861. The van der Waals surface area contributed by atoms with Gasteiger partial charge in [0.05, 0.1) is 12.8 Å². The van der Waals surface area contributed by atoms with E-state index in [1.807, 2.05) is 0 Å². The highest BCUT2D eigenvalue weighted by Crippen LogP contribution is 2.29. The molecule has 1 saturated heterocycles. The molecule has 3 N–H and O–H groups in total. The number of primary amides is 1. The van der Waals surface area contributed by atoms with E-state index in [2.05, 4.69) is 15.3 Å². The van der Waals surface area contributed by atoms with Crippen LogP contribution < -0.4 is 16.0 Å². The molecule has 0 atom stereocenters. The van der Waals surface area contributed by atoms with E-state index in [-0.39, 0.29) is 23.6 Å². The number of carbonyl (C=O) groups excluding carboxylic acids is 2. The normalized spacial score (nSPS) is 21.8. The summed E-state index contributed by atoms with van der Waals surface area (Å²) in [4.78, 5) is 33.3. The molecule has 4 rings (SSSR count). The van der Waals surface area contributed by atoms with Crippen molar-refractivity contribution in [3.8, 4) is 11.3 Å². The van der Waals surface area contributed by atoms with Gasteiger partial charge in [-0.2, -0.15) is 0 Å². The highest BCUT2D eigenvalue weighted by molar-refractivity contribution is 5.89. The number of hydrogen-bond acceptors (Lipinski definition) is 6. The zero-order valence-corrected chi connectivity index (χ0v) is 16.5. The summed E-state index contributed by atoms with van der Waals surface area (Å²) in [5, 5.41) is 3.24. The average Bonchev–Trinajstić information content (AvgIpc) is 2.76. The van der Waals surface area contributed by atoms with Crippen LogP contribution in [0.15, 0.2) is 30.5 Å². The first-order chi connectivity index (χ1) is 14.5. The number of halogens is 1. The fourth-order valence-corrected chi connectivity index (χ4v) is 3.95. The number of aromatic nitrogens is 2. The molecule has 2 heterocycles. The second kappa shape index (κ2) is 8.64. The van der Waals surface area contributed by atoms with Gasteiger partial charge in [0, 0.05) is 29.8 Å². The SMILES string of the molecule is NC(=O)[C@H]1CC[C@H](Nc2ncc(F)c(-c3cccc(N4CCCOC4=O)c3)n2)CC1. The standard InChI is InChI=1S/C21H24FN5O3/c22-17-12-24-20(25-15-7-5-13(6-8-15)19(23)28)26-18(17)14-3-1-4-16(11-14)27-9-2-10-30-21(27)29/h1,3-4,11-13,15H,2,5-10H2,(H2,23,28)(H,24,25,26)/t13-,15-. The Bertz CT molecular complexity index is 946. The van der Waals surface area contributed by atoms with E-state index >= 15 is 0 Å². The van der Waals surface area contributed by atoms with E-state index in [0.29, 0.717) is 30.4 Å². The largest absolute Gasteiger partial charge is 0.449 e. The van der Waals surface area contributed by atoms with Gasteiger partial charge >= 0.3 is 6.09 Å². The molecule has 30 heavy (non-hydrogen) atoms. The molecule has 1 aromatic heterocycles. The lowest BCUT2D eigenvalue weighted by atomic mass is 9.86. The Kier molecular flexibility index (Phi) is 5.78. The Balaban J connectivity index is 1.52. The number of cyclic esters (lactones) is 1. The number of anilines is 2. The van der Waals surface area contributed by atoms with E-state index < -0.39 is 11.9 Å². The van der Waals surface area contributed by atoms with Gasteiger partial charge in [0.15, 0.2) is 5.82 Å². The van der Waals surface area contributed by atoms with Crippen molar-refractivity contribution in [2.45, 2.75) is 38.1 Å². The molecule has 2 amide bonds. The maximum Gasteiger partial charge on any atom is 0.414 e. The number of nitrogens with two attached hydrogens (primary N) is 1. The topological polar surface area (TPSA) is 110 Å². The molecule has 158 valence electrons. The molecule has 0 radical (unpaired) electrons. The van der Waals surface area contributed by atoms with Gasteiger partial charge in [-0.25, -0.2) is 19.2 Å². The second-order valence-corrected chi connectivity index (χ2v) is 7.66. The van der Waals surface area contributed by atoms with Crippen LogP contribution in [0.4, 0.5) is 20.8 Å². The number of amides is 2. The van der Waals surface area contributed by atoms with E-state index in [9.17, 15) is 14.0 Å². The van der Waals surface area contributed by atoms with E-state index in [1.165, 1.54) is 4.90 Å². The number of nitrogens with one attached hydrogen (secondary N) is 1. The van der Waals surface area contributed by atoms with Gasteiger partial charge in [0.2, 0.25) is 11.9 Å². The van der Waals surface area contributed by atoms with Crippen LogP contribution in [0.3, 0.4) is 0 Å². The fourth-order valence-electron chi connectivity index (χ4n) is 3.95. The lowest BCUT2D eigenvalue weighted by Crippen LogP contribution is -2.37. The monoisotopic (exact) mass is 413 g/mol. The molecule has 2 fully saturated rings. The minimum atomic E-state index is -0.545. The number of carbonyl (C=O) groups is 2. The van der Waals surface area contributed by atoms with E-state index in [4.69, 9.17) is 10.5 Å². The van der Waals surface area contributed by atoms with Gasteiger partial charge in [-0.3, -0.25) is 9.69 Å². The molecule has 1 saturated carbocycles. The average molecular weight is 413 g/mol. The van der Waals surface area contributed by atoms with E-state index in [0.717, 1.165) is 38.3 Å². The molecule has 8 nitrogen and oxygen atoms in total. The Labute approximate surface area is 173 Å². The number of benzene rings is 1. The lowest BCUT2D eigenvalue weighted by Gasteiger charge is -2.27. The van der Waals surface area contributed by atoms with Gasteiger partial charge in [0.25, 0.3) is 0 Å². The van der Waals surface area contributed by atoms with Crippen LogP contribution >= 0.6 is 0 Å². The Morgan fingerprint density at radius 1 is 1.27 bits per heavy atom. The molecule has 0 unspecified atom stereocenters. The van der Waals surface area contributed by atoms with Crippen LogP contribution in [-0.2, 0) is 9.53 Å². The zero-order valence-electron chi connectivity index (χ0n) is 16.5. The first-order valence-electron chi connectivity index (χ1n) is 10.1. The maximum atomic E-state index is 14.5. The Morgan fingerprint density at radius 3 is 2.80 bits per heavy atom. The summed E-state index contributed by atoms with van der Waals surface area (Å²) in [5.74, 6) is -0.559. The number of nitrogens with zero attached hydrogens (tertiary/aromatic N) is 3. The molecule has 2 aliphatic rings. The smallest absolute Gasteiger partial charge is 0.414 e. The molecule has 0 bridgehead atoms. The van der Waals surface area contributed by atoms with Crippen molar-refractivity contribution in [2.24, 2.45) is 11.7 Å². The van der Waals surface area contributed by atoms with Crippen molar-refractivity contribution < 1.29 is 18.7 Å². The lowest BCUT2D eigenvalue weighted by molar-refractivity contribution is -0.122. The first kappa shape index (κ1) is 20.1. The Hall–Kier alpha value is -3.23. The summed E-state index contributed by atoms with van der Waals surface area (Å²) in [6, 6.07) is 7.11. The Morgan fingerprint density at radius 2 is 2.07 bits per heavy atom. The van der Waals surface area contributed by atoms with Crippen LogP contribution in [0.5, 0.6) is 0 Å². The van der Waals surface area contributed by atoms with Crippen molar-refractivity contribution in [1.82, 2.24) is 9.97 Å². The van der Waals surface area contributed by atoms with Crippen molar-refractivity contribution in [1.29, 1.82) is 0 Å². The summed E-state index contributed by atoms with van der Waals surface area (Å²) in [7, 11) is 0. The minimum Gasteiger partial charge on any atom is -0.449 e.